The van der Waals surface area contributed by atoms with Gasteiger partial charge in [0.2, 0.25) is 0 Å². The number of nitrogens with zero attached hydrogens (tertiary/aromatic N) is 5. The second-order valence-electron chi connectivity index (χ2n) is 5.17. The summed E-state index contributed by atoms with van der Waals surface area (Å²) in [5.41, 5.74) is 1.93. The Hall–Kier alpha value is -2.64. The molecule has 2 aromatic rings. The first-order chi connectivity index (χ1) is 10.3. The SMILES string of the molecule is CCn1ncc(NC(=O)c2cc(C)nn2C)c1C(=O)N(C)C. The third-order valence-corrected chi connectivity index (χ3v) is 3.23. The Morgan fingerprint density at radius 3 is 2.55 bits per heavy atom. The number of aromatic nitrogens is 4. The maximum Gasteiger partial charge on any atom is 0.274 e. The average molecular weight is 304 g/mol. The number of anilines is 1. The molecule has 2 heterocycles. The van der Waals surface area contributed by atoms with E-state index in [4.69, 9.17) is 0 Å². The van der Waals surface area contributed by atoms with Crippen LogP contribution >= 0.6 is 0 Å². The van der Waals surface area contributed by atoms with Crippen LogP contribution in [-0.4, -0.2) is 50.4 Å². The van der Waals surface area contributed by atoms with Gasteiger partial charge in [0.15, 0.2) is 0 Å². The minimum Gasteiger partial charge on any atom is -0.343 e. The number of carbonyl (C=O) groups is 2. The van der Waals surface area contributed by atoms with Gasteiger partial charge in [0.25, 0.3) is 11.8 Å². The molecule has 0 radical (unpaired) electrons. The van der Waals surface area contributed by atoms with Crippen molar-refractivity contribution in [2.45, 2.75) is 20.4 Å². The topological polar surface area (TPSA) is 85.0 Å². The summed E-state index contributed by atoms with van der Waals surface area (Å²) in [6, 6.07) is 1.69. The molecule has 0 aliphatic heterocycles. The third-order valence-electron chi connectivity index (χ3n) is 3.23. The highest BCUT2D eigenvalue weighted by Gasteiger charge is 2.22. The highest BCUT2D eigenvalue weighted by atomic mass is 16.2. The molecule has 0 aliphatic carbocycles. The first-order valence-corrected chi connectivity index (χ1v) is 6.94. The van der Waals surface area contributed by atoms with E-state index < -0.39 is 0 Å². The molecule has 118 valence electrons. The molecule has 8 nitrogen and oxygen atoms in total. The average Bonchev–Trinajstić information content (AvgIpc) is 3.00. The summed E-state index contributed by atoms with van der Waals surface area (Å²) in [5.74, 6) is -0.539. The normalized spacial score (nSPS) is 10.6. The maximum atomic E-state index is 12.4. The van der Waals surface area contributed by atoms with Crippen LogP contribution in [0, 0.1) is 6.92 Å². The van der Waals surface area contributed by atoms with Crippen LogP contribution in [-0.2, 0) is 13.6 Å². The molecule has 8 heteroatoms. The summed E-state index contributed by atoms with van der Waals surface area (Å²) < 4.78 is 3.06. The molecule has 22 heavy (non-hydrogen) atoms. The van der Waals surface area contributed by atoms with Gasteiger partial charge in [-0.15, -0.1) is 0 Å². The van der Waals surface area contributed by atoms with Crippen LogP contribution < -0.4 is 5.32 Å². The van der Waals surface area contributed by atoms with Gasteiger partial charge in [0, 0.05) is 27.7 Å². The first kappa shape index (κ1) is 15.7. The highest BCUT2D eigenvalue weighted by molar-refractivity contribution is 6.07. The van der Waals surface area contributed by atoms with Crippen LogP contribution in [0.1, 0.15) is 33.6 Å². The Morgan fingerprint density at radius 2 is 2.05 bits per heavy atom. The van der Waals surface area contributed by atoms with Gasteiger partial charge in [-0.05, 0) is 19.9 Å². The number of rotatable bonds is 4. The molecular formula is C14H20N6O2. The molecule has 2 amide bonds. The molecule has 0 bridgehead atoms. The monoisotopic (exact) mass is 304 g/mol. The number of hydrogen-bond acceptors (Lipinski definition) is 4. The van der Waals surface area contributed by atoms with E-state index >= 15 is 0 Å². The molecule has 0 saturated carbocycles. The number of nitrogens with one attached hydrogen (secondary N) is 1. The Bertz CT molecular complexity index is 713. The van der Waals surface area contributed by atoms with Gasteiger partial charge in [-0.1, -0.05) is 0 Å². The van der Waals surface area contributed by atoms with Crippen molar-refractivity contribution in [3.05, 3.63) is 29.3 Å². The third kappa shape index (κ3) is 2.85. The fourth-order valence-electron chi connectivity index (χ4n) is 2.16. The van der Waals surface area contributed by atoms with E-state index in [1.165, 1.54) is 15.8 Å². The fraction of sp³-hybridized carbons (Fsp3) is 0.429. The van der Waals surface area contributed by atoms with Crippen LogP contribution in [0.2, 0.25) is 0 Å². The van der Waals surface area contributed by atoms with Crippen molar-refractivity contribution in [2.75, 3.05) is 19.4 Å². The number of amides is 2. The number of carbonyl (C=O) groups excluding carboxylic acids is 2. The highest BCUT2D eigenvalue weighted by Crippen LogP contribution is 2.18. The van der Waals surface area contributed by atoms with Crippen molar-refractivity contribution < 1.29 is 9.59 Å². The summed E-state index contributed by atoms with van der Waals surface area (Å²) in [6.07, 6.45) is 1.49. The van der Waals surface area contributed by atoms with Gasteiger partial charge < -0.3 is 10.2 Å². The van der Waals surface area contributed by atoms with Crippen LogP contribution in [0.5, 0.6) is 0 Å². The van der Waals surface area contributed by atoms with Crippen molar-refractivity contribution in [1.29, 1.82) is 0 Å². The van der Waals surface area contributed by atoms with E-state index in [0.29, 0.717) is 23.6 Å². The zero-order valence-electron chi connectivity index (χ0n) is 13.4. The van der Waals surface area contributed by atoms with E-state index in [1.807, 2.05) is 13.8 Å². The van der Waals surface area contributed by atoms with Crippen LogP contribution in [0.15, 0.2) is 12.3 Å². The molecule has 1 N–H and O–H groups in total. The molecule has 0 atom stereocenters. The van der Waals surface area contributed by atoms with Crippen molar-refractivity contribution >= 4 is 17.5 Å². The molecule has 2 rings (SSSR count). The Labute approximate surface area is 128 Å². The van der Waals surface area contributed by atoms with Crippen molar-refractivity contribution in [2.24, 2.45) is 7.05 Å². The Kier molecular flexibility index (Phi) is 4.30. The lowest BCUT2D eigenvalue weighted by molar-refractivity contribution is 0.0816. The second-order valence-corrected chi connectivity index (χ2v) is 5.17. The number of hydrogen-bond donors (Lipinski definition) is 1. The largest absolute Gasteiger partial charge is 0.343 e. The molecule has 0 spiro atoms. The van der Waals surface area contributed by atoms with E-state index in [2.05, 4.69) is 15.5 Å². The van der Waals surface area contributed by atoms with Gasteiger partial charge in [0.1, 0.15) is 11.4 Å². The molecule has 0 saturated heterocycles. The lowest BCUT2D eigenvalue weighted by Crippen LogP contribution is -2.27. The minimum absolute atomic E-state index is 0.212. The van der Waals surface area contributed by atoms with Gasteiger partial charge in [-0.25, -0.2) is 0 Å². The predicted molar refractivity (Wildman–Crippen MR) is 81.8 cm³/mol. The zero-order valence-corrected chi connectivity index (χ0v) is 13.4. The molecule has 0 aliphatic rings. The Morgan fingerprint density at radius 1 is 1.36 bits per heavy atom. The van der Waals surface area contributed by atoms with Crippen LogP contribution in [0.3, 0.4) is 0 Å². The van der Waals surface area contributed by atoms with E-state index in [-0.39, 0.29) is 11.8 Å². The quantitative estimate of drug-likeness (QED) is 0.909. The van der Waals surface area contributed by atoms with Crippen molar-refractivity contribution in [1.82, 2.24) is 24.5 Å². The summed E-state index contributed by atoms with van der Waals surface area (Å²) in [5, 5.41) is 11.0. The summed E-state index contributed by atoms with van der Waals surface area (Å²) in [6.45, 7) is 4.23. The summed E-state index contributed by atoms with van der Waals surface area (Å²) >= 11 is 0. The van der Waals surface area contributed by atoms with E-state index in [1.54, 1.807) is 31.9 Å². The lowest BCUT2D eigenvalue weighted by Gasteiger charge is -2.13. The smallest absolute Gasteiger partial charge is 0.274 e. The summed E-state index contributed by atoms with van der Waals surface area (Å²) in [4.78, 5) is 26.1. The summed E-state index contributed by atoms with van der Waals surface area (Å²) in [7, 11) is 5.01. The van der Waals surface area contributed by atoms with E-state index in [9.17, 15) is 9.59 Å². The number of aryl methyl sites for hydroxylation is 3. The molecule has 0 aromatic carbocycles. The van der Waals surface area contributed by atoms with Gasteiger partial charge in [0.05, 0.1) is 17.6 Å². The van der Waals surface area contributed by atoms with Crippen molar-refractivity contribution in [3.63, 3.8) is 0 Å². The van der Waals surface area contributed by atoms with E-state index in [0.717, 1.165) is 5.69 Å². The minimum atomic E-state index is -0.327. The van der Waals surface area contributed by atoms with Crippen LogP contribution in [0.4, 0.5) is 5.69 Å². The van der Waals surface area contributed by atoms with Crippen molar-refractivity contribution in [3.8, 4) is 0 Å². The van der Waals surface area contributed by atoms with Gasteiger partial charge >= 0.3 is 0 Å². The molecule has 2 aromatic heterocycles. The zero-order chi connectivity index (χ0) is 16.4. The lowest BCUT2D eigenvalue weighted by atomic mass is 10.3. The first-order valence-electron chi connectivity index (χ1n) is 6.94. The molecular weight excluding hydrogens is 284 g/mol. The maximum absolute atomic E-state index is 12.4. The Balaban J connectivity index is 2.34. The molecule has 0 fully saturated rings. The van der Waals surface area contributed by atoms with Crippen LogP contribution in [0.25, 0.3) is 0 Å². The molecule has 0 unspecified atom stereocenters. The second kappa shape index (κ2) is 6.00. The standard InChI is InChI=1S/C14H20N6O2/c1-6-20-12(14(22)18(3)4)10(8-15-20)16-13(21)11-7-9(2)17-19(11)5/h7-8H,6H2,1-5H3,(H,16,21). The van der Waals surface area contributed by atoms with Gasteiger partial charge in [-0.3, -0.25) is 19.0 Å². The fourth-order valence-corrected chi connectivity index (χ4v) is 2.16. The van der Waals surface area contributed by atoms with Gasteiger partial charge in [-0.2, -0.15) is 10.2 Å². The predicted octanol–water partition coefficient (Wildman–Crippen LogP) is 0.899.